The number of rotatable bonds is 1. The summed E-state index contributed by atoms with van der Waals surface area (Å²) in [5.74, 6) is 0. The van der Waals surface area contributed by atoms with E-state index in [1.165, 1.54) is 0 Å². The van der Waals surface area contributed by atoms with Gasteiger partial charge in [0, 0.05) is 12.6 Å². The van der Waals surface area contributed by atoms with Crippen LogP contribution in [0.25, 0.3) is 0 Å². The summed E-state index contributed by atoms with van der Waals surface area (Å²) in [7, 11) is 0. The molecule has 0 bridgehead atoms. The standard InChI is InChI=1S/C7H12F3NO/c1-5-3-11-6(4-12-5)2-7(8,9)10/h5-6,11H,2-4H2,1H3. The third-order valence-corrected chi connectivity index (χ3v) is 1.75. The van der Waals surface area contributed by atoms with E-state index in [4.69, 9.17) is 4.74 Å². The van der Waals surface area contributed by atoms with E-state index >= 15 is 0 Å². The summed E-state index contributed by atoms with van der Waals surface area (Å²) in [6.45, 7) is 2.48. The summed E-state index contributed by atoms with van der Waals surface area (Å²) in [5.41, 5.74) is 0. The van der Waals surface area contributed by atoms with Crippen LogP contribution in [0.5, 0.6) is 0 Å². The Morgan fingerprint density at radius 1 is 1.50 bits per heavy atom. The van der Waals surface area contributed by atoms with E-state index in [2.05, 4.69) is 5.32 Å². The van der Waals surface area contributed by atoms with E-state index in [9.17, 15) is 13.2 Å². The highest BCUT2D eigenvalue weighted by Crippen LogP contribution is 2.22. The molecule has 0 aromatic rings. The first-order valence-corrected chi connectivity index (χ1v) is 3.89. The SMILES string of the molecule is CC1CNC(CC(F)(F)F)CO1. The number of hydrogen-bond donors (Lipinski definition) is 1. The van der Waals surface area contributed by atoms with Crippen molar-refractivity contribution >= 4 is 0 Å². The third-order valence-electron chi connectivity index (χ3n) is 1.75. The molecule has 2 unspecified atom stereocenters. The van der Waals surface area contributed by atoms with Gasteiger partial charge in [0.05, 0.1) is 19.1 Å². The summed E-state index contributed by atoms with van der Waals surface area (Å²) in [6, 6.07) is -0.568. The predicted octanol–water partition coefficient (Wildman–Crippen LogP) is 1.32. The molecule has 0 saturated carbocycles. The lowest BCUT2D eigenvalue weighted by Gasteiger charge is -2.28. The molecule has 0 amide bonds. The van der Waals surface area contributed by atoms with Gasteiger partial charge in [0.25, 0.3) is 0 Å². The summed E-state index contributed by atoms with van der Waals surface area (Å²) < 4.78 is 40.6. The van der Waals surface area contributed by atoms with Crippen molar-refractivity contribution in [3.63, 3.8) is 0 Å². The number of ether oxygens (including phenoxy) is 1. The van der Waals surface area contributed by atoms with E-state index in [1.807, 2.05) is 6.92 Å². The Kier molecular flexibility index (Phi) is 2.95. The average Bonchev–Trinajstić information content (AvgIpc) is 1.91. The molecule has 0 aromatic carbocycles. The molecule has 0 aromatic heterocycles. The third kappa shape index (κ3) is 3.40. The minimum Gasteiger partial charge on any atom is -0.376 e. The fraction of sp³-hybridized carbons (Fsp3) is 1.00. The smallest absolute Gasteiger partial charge is 0.376 e. The first-order valence-electron chi connectivity index (χ1n) is 3.89. The van der Waals surface area contributed by atoms with Crippen molar-refractivity contribution < 1.29 is 17.9 Å². The van der Waals surface area contributed by atoms with E-state index in [0.29, 0.717) is 6.54 Å². The Hall–Kier alpha value is -0.290. The Morgan fingerprint density at radius 2 is 2.17 bits per heavy atom. The molecule has 72 valence electrons. The summed E-state index contributed by atoms with van der Waals surface area (Å²) >= 11 is 0. The monoisotopic (exact) mass is 183 g/mol. The first-order chi connectivity index (χ1) is 5.47. The number of halogens is 3. The quantitative estimate of drug-likeness (QED) is 0.661. The summed E-state index contributed by atoms with van der Waals surface area (Å²) in [5, 5.41) is 2.78. The lowest BCUT2D eigenvalue weighted by molar-refractivity contribution is -0.148. The van der Waals surface area contributed by atoms with Gasteiger partial charge in [0.15, 0.2) is 0 Å². The van der Waals surface area contributed by atoms with Crippen molar-refractivity contribution in [2.24, 2.45) is 0 Å². The van der Waals surface area contributed by atoms with Gasteiger partial charge < -0.3 is 10.1 Å². The van der Waals surface area contributed by atoms with Crippen LogP contribution < -0.4 is 5.32 Å². The zero-order chi connectivity index (χ0) is 9.19. The fourth-order valence-electron chi connectivity index (χ4n) is 1.14. The van der Waals surface area contributed by atoms with Crippen molar-refractivity contribution in [1.82, 2.24) is 5.32 Å². The molecule has 1 N–H and O–H groups in total. The molecule has 1 rings (SSSR count). The molecule has 2 atom stereocenters. The maximum Gasteiger partial charge on any atom is 0.390 e. The first kappa shape index (κ1) is 9.80. The molecule has 1 aliphatic heterocycles. The number of alkyl halides is 3. The van der Waals surface area contributed by atoms with Crippen LogP contribution >= 0.6 is 0 Å². The second-order valence-electron chi connectivity index (χ2n) is 3.07. The number of hydrogen-bond acceptors (Lipinski definition) is 2. The molecular formula is C7H12F3NO. The maximum atomic E-state index is 11.8. The highest BCUT2D eigenvalue weighted by Gasteiger charge is 2.33. The molecule has 0 aliphatic carbocycles. The molecule has 1 fully saturated rings. The number of nitrogens with one attached hydrogen (secondary N) is 1. The van der Waals surface area contributed by atoms with Crippen LogP contribution in [0.1, 0.15) is 13.3 Å². The van der Waals surface area contributed by atoms with Crippen LogP contribution in [0, 0.1) is 0 Å². The molecule has 1 aliphatic rings. The van der Waals surface area contributed by atoms with E-state index in [0.717, 1.165) is 0 Å². The maximum absolute atomic E-state index is 11.8. The average molecular weight is 183 g/mol. The highest BCUT2D eigenvalue weighted by atomic mass is 19.4. The molecule has 2 nitrogen and oxygen atoms in total. The molecule has 5 heteroatoms. The van der Waals surface area contributed by atoms with Crippen molar-refractivity contribution in [2.45, 2.75) is 31.7 Å². The van der Waals surface area contributed by atoms with Gasteiger partial charge in [-0.1, -0.05) is 0 Å². The van der Waals surface area contributed by atoms with Crippen molar-refractivity contribution in [2.75, 3.05) is 13.2 Å². The van der Waals surface area contributed by atoms with Gasteiger partial charge in [-0.25, -0.2) is 0 Å². The topological polar surface area (TPSA) is 21.3 Å². The van der Waals surface area contributed by atoms with Gasteiger partial charge in [-0.3, -0.25) is 0 Å². The van der Waals surface area contributed by atoms with Crippen molar-refractivity contribution in [1.29, 1.82) is 0 Å². The molecule has 1 saturated heterocycles. The lowest BCUT2D eigenvalue weighted by atomic mass is 10.2. The van der Waals surface area contributed by atoms with Crippen molar-refractivity contribution in [3.8, 4) is 0 Å². The Morgan fingerprint density at radius 3 is 2.58 bits per heavy atom. The van der Waals surface area contributed by atoms with Gasteiger partial charge in [-0.15, -0.1) is 0 Å². The van der Waals surface area contributed by atoms with Gasteiger partial charge >= 0.3 is 6.18 Å². The summed E-state index contributed by atoms with van der Waals surface area (Å²) in [4.78, 5) is 0. The highest BCUT2D eigenvalue weighted by molar-refractivity contribution is 4.76. The van der Waals surface area contributed by atoms with E-state index < -0.39 is 18.6 Å². The molecule has 1 heterocycles. The molecular weight excluding hydrogens is 171 g/mol. The van der Waals surface area contributed by atoms with Gasteiger partial charge in [0.1, 0.15) is 0 Å². The van der Waals surface area contributed by atoms with Crippen LogP contribution in [-0.2, 0) is 4.74 Å². The predicted molar refractivity (Wildman–Crippen MR) is 37.9 cm³/mol. The minimum absolute atomic E-state index is 0.0227. The van der Waals surface area contributed by atoms with E-state index in [-0.39, 0.29) is 12.7 Å². The molecule has 12 heavy (non-hydrogen) atoms. The molecule has 0 spiro atoms. The minimum atomic E-state index is -4.10. The Labute approximate surface area is 69.1 Å². The van der Waals surface area contributed by atoms with Crippen LogP contribution in [0.15, 0.2) is 0 Å². The zero-order valence-electron chi connectivity index (χ0n) is 6.82. The zero-order valence-corrected chi connectivity index (χ0v) is 6.82. The van der Waals surface area contributed by atoms with Crippen molar-refractivity contribution in [3.05, 3.63) is 0 Å². The second-order valence-corrected chi connectivity index (χ2v) is 3.07. The fourth-order valence-corrected chi connectivity index (χ4v) is 1.14. The van der Waals surface area contributed by atoms with Gasteiger partial charge in [-0.05, 0) is 6.92 Å². The number of morpholine rings is 1. The van der Waals surface area contributed by atoms with Crippen LogP contribution in [0.3, 0.4) is 0 Å². The van der Waals surface area contributed by atoms with Crippen LogP contribution in [-0.4, -0.2) is 31.5 Å². The van der Waals surface area contributed by atoms with Gasteiger partial charge in [-0.2, -0.15) is 13.2 Å². The van der Waals surface area contributed by atoms with Crippen LogP contribution in [0.4, 0.5) is 13.2 Å². The van der Waals surface area contributed by atoms with E-state index in [1.54, 1.807) is 0 Å². The lowest BCUT2D eigenvalue weighted by Crippen LogP contribution is -2.47. The normalized spacial score (nSPS) is 32.0. The van der Waals surface area contributed by atoms with Crippen LogP contribution in [0.2, 0.25) is 0 Å². The second kappa shape index (κ2) is 3.62. The Balaban J connectivity index is 2.26. The molecule has 0 radical (unpaired) electrons. The Bertz CT molecular complexity index is 140. The largest absolute Gasteiger partial charge is 0.390 e. The van der Waals surface area contributed by atoms with Gasteiger partial charge in [0.2, 0.25) is 0 Å². The summed E-state index contributed by atoms with van der Waals surface area (Å²) in [6.07, 6.45) is -4.88.